The van der Waals surface area contributed by atoms with Crippen LogP contribution in [-0.2, 0) is 6.54 Å². The van der Waals surface area contributed by atoms with Gasteiger partial charge in [-0.05, 0) is 36.8 Å². The molecule has 0 spiro atoms. The third kappa shape index (κ3) is 3.69. The van der Waals surface area contributed by atoms with Crippen LogP contribution in [0, 0.1) is 6.92 Å². The molecule has 0 atom stereocenters. The molecule has 5 nitrogen and oxygen atoms in total. The number of nitrogens with one attached hydrogen (secondary N) is 1. The quantitative estimate of drug-likeness (QED) is 0.939. The molecule has 0 unspecified atom stereocenters. The number of hydrogen-bond donors (Lipinski definition) is 1. The van der Waals surface area contributed by atoms with Crippen molar-refractivity contribution in [2.45, 2.75) is 13.5 Å². The number of carbonyl (C=O) groups is 2. The van der Waals surface area contributed by atoms with Crippen LogP contribution in [0.3, 0.4) is 0 Å². The monoisotopic (exact) mass is 297 g/mol. The molecule has 1 aromatic heterocycles. The normalized spacial score (nSPS) is 10.1. The van der Waals surface area contributed by atoms with Gasteiger partial charge in [0.1, 0.15) is 0 Å². The van der Waals surface area contributed by atoms with Crippen molar-refractivity contribution >= 4 is 11.8 Å². The molecule has 5 heteroatoms. The van der Waals surface area contributed by atoms with Crippen LogP contribution in [0.2, 0.25) is 0 Å². The summed E-state index contributed by atoms with van der Waals surface area (Å²) < 4.78 is 0. The van der Waals surface area contributed by atoms with Gasteiger partial charge in [0.15, 0.2) is 0 Å². The number of aryl methyl sites for hydroxylation is 1. The van der Waals surface area contributed by atoms with E-state index in [-0.39, 0.29) is 11.8 Å². The largest absolute Gasteiger partial charge is 0.355 e. The molecule has 0 aliphatic heterocycles. The molecule has 0 aliphatic rings. The summed E-state index contributed by atoms with van der Waals surface area (Å²) in [6, 6.07) is 10.8. The van der Waals surface area contributed by atoms with Crippen LogP contribution in [-0.4, -0.2) is 35.8 Å². The van der Waals surface area contributed by atoms with E-state index >= 15 is 0 Å². The van der Waals surface area contributed by atoms with Gasteiger partial charge in [0.25, 0.3) is 11.8 Å². The van der Waals surface area contributed by atoms with Gasteiger partial charge in [-0.25, -0.2) is 0 Å². The maximum atomic E-state index is 12.3. The Bertz CT molecular complexity index is 663. The lowest BCUT2D eigenvalue weighted by atomic mass is 10.1. The minimum Gasteiger partial charge on any atom is -0.355 e. The number of rotatable bonds is 4. The fourth-order valence-electron chi connectivity index (χ4n) is 2.07. The van der Waals surface area contributed by atoms with E-state index in [0.717, 1.165) is 11.3 Å². The van der Waals surface area contributed by atoms with Gasteiger partial charge >= 0.3 is 0 Å². The lowest BCUT2D eigenvalue weighted by molar-refractivity contribution is 0.0784. The predicted octanol–water partition coefficient (Wildman–Crippen LogP) is 2.02. The lowest BCUT2D eigenvalue weighted by Gasteiger charge is -2.17. The zero-order valence-electron chi connectivity index (χ0n) is 13.0. The van der Waals surface area contributed by atoms with Gasteiger partial charge in [-0.1, -0.05) is 12.1 Å². The van der Waals surface area contributed by atoms with Crippen molar-refractivity contribution in [1.82, 2.24) is 15.2 Å². The van der Waals surface area contributed by atoms with Gasteiger partial charge in [-0.3, -0.25) is 14.6 Å². The van der Waals surface area contributed by atoms with Crippen LogP contribution in [0.1, 0.15) is 32.0 Å². The number of carbonyl (C=O) groups excluding carboxylic acids is 2. The molecule has 22 heavy (non-hydrogen) atoms. The van der Waals surface area contributed by atoms with E-state index < -0.39 is 0 Å². The van der Waals surface area contributed by atoms with Crippen LogP contribution in [0.5, 0.6) is 0 Å². The van der Waals surface area contributed by atoms with Crippen molar-refractivity contribution in [3.63, 3.8) is 0 Å². The summed E-state index contributed by atoms with van der Waals surface area (Å²) in [5, 5.41) is 2.58. The second-order valence-electron chi connectivity index (χ2n) is 5.13. The van der Waals surface area contributed by atoms with Crippen molar-refractivity contribution in [2.75, 3.05) is 14.1 Å². The zero-order chi connectivity index (χ0) is 16.1. The van der Waals surface area contributed by atoms with E-state index in [2.05, 4.69) is 10.3 Å². The first-order chi connectivity index (χ1) is 10.5. The summed E-state index contributed by atoms with van der Waals surface area (Å²) in [6.45, 7) is 2.35. The molecule has 0 radical (unpaired) electrons. The Kier molecular flexibility index (Phi) is 4.88. The van der Waals surface area contributed by atoms with Crippen LogP contribution in [0.4, 0.5) is 0 Å². The van der Waals surface area contributed by atoms with Crippen molar-refractivity contribution in [1.29, 1.82) is 0 Å². The van der Waals surface area contributed by atoms with Crippen molar-refractivity contribution in [2.24, 2.45) is 0 Å². The zero-order valence-corrected chi connectivity index (χ0v) is 13.0. The third-order valence-electron chi connectivity index (χ3n) is 3.37. The summed E-state index contributed by atoms with van der Waals surface area (Å²) in [4.78, 5) is 29.6. The minimum absolute atomic E-state index is 0.0807. The maximum Gasteiger partial charge on any atom is 0.255 e. The van der Waals surface area contributed by atoms with Crippen molar-refractivity contribution < 1.29 is 9.59 Å². The Balaban J connectivity index is 2.05. The average Bonchev–Trinajstić information content (AvgIpc) is 2.54. The van der Waals surface area contributed by atoms with Gasteiger partial charge in [0, 0.05) is 38.1 Å². The molecule has 1 N–H and O–H groups in total. The second-order valence-corrected chi connectivity index (χ2v) is 5.13. The fraction of sp³-hybridized carbons (Fsp3) is 0.235. The molecule has 0 aliphatic carbocycles. The third-order valence-corrected chi connectivity index (χ3v) is 3.37. The SMILES string of the molecule is CNC(=O)c1ccc(CN(C)C(=O)c2ccc(C)nc2)cc1. The molecule has 1 heterocycles. The molecule has 0 bridgehead atoms. The lowest BCUT2D eigenvalue weighted by Crippen LogP contribution is -2.26. The number of benzene rings is 1. The molecule has 0 fully saturated rings. The summed E-state index contributed by atoms with van der Waals surface area (Å²) in [7, 11) is 3.34. The summed E-state index contributed by atoms with van der Waals surface area (Å²) in [5.74, 6) is -0.204. The standard InChI is InChI=1S/C17H19N3O2/c1-12-4-7-15(10-19-12)17(22)20(3)11-13-5-8-14(9-6-13)16(21)18-2/h4-10H,11H2,1-3H3,(H,18,21). The number of aromatic nitrogens is 1. The first-order valence-electron chi connectivity index (χ1n) is 7.00. The predicted molar refractivity (Wildman–Crippen MR) is 84.6 cm³/mol. The number of pyridine rings is 1. The second kappa shape index (κ2) is 6.85. The van der Waals surface area contributed by atoms with E-state index in [9.17, 15) is 9.59 Å². The van der Waals surface area contributed by atoms with Gasteiger partial charge in [-0.2, -0.15) is 0 Å². The smallest absolute Gasteiger partial charge is 0.255 e. The summed E-state index contributed by atoms with van der Waals surface area (Å²) in [5.41, 5.74) is 3.01. The van der Waals surface area contributed by atoms with Crippen molar-refractivity contribution in [3.8, 4) is 0 Å². The molecule has 0 saturated carbocycles. The Labute approximate surface area is 130 Å². The molecule has 2 amide bonds. The highest BCUT2D eigenvalue weighted by Crippen LogP contribution is 2.10. The first-order valence-corrected chi connectivity index (χ1v) is 7.00. The molecule has 0 saturated heterocycles. The van der Waals surface area contributed by atoms with E-state index in [1.54, 1.807) is 43.4 Å². The van der Waals surface area contributed by atoms with Crippen LogP contribution >= 0.6 is 0 Å². The first kappa shape index (κ1) is 15.7. The van der Waals surface area contributed by atoms with Gasteiger partial charge in [0.2, 0.25) is 0 Å². The highest BCUT2D eigenvalue weighted by molar-refractivity contribution is 5.94. The van der Waals surface area contributed by atoms with Gasteiger partial charge in [-0.15, -0.1) is 0 Å². The Morgan fingerprint density at radius 3 is 2.27 bits per heavy atom. The number of nitrogens with zero attached hydrogens (tertiary/aromatic N) is 2. The molecule has 2 aromatic rings. The van der Waals surface area contributed by atoms with Crippen LogP contribution in [0.25, 0.3) is 0 Å². The van der Waals surface area contributed by atoms with Gasteiger partial charge in [0.05, 0.1) is 5.56 Å². The average molecular weight is 297 g/mol. The Morgan fingerprint density at radius 2 is 1.73 bits per heavy atom. The molecule has 1 aromatic carbocycles. The van der Waals surface area contributed by atoms with Crippen molar-refractivity contribution in [3.05, 3.63) is 65.0 Å². The molecular weight excluding hydrogens is 278 g/mol. The maximum absolute atomic E-state index is 12.3. The summed E-state index contributed by atoms with van der Waals surface area (Å²) >= 11 is 0. The number of hydrogen-bond acceptors (Lipinski definition) is 3. The fourth-order valence-corrected chi connectivity index (χ4v) is 2.07. The molecule has 2 rings (SSSR count). The Hall–Kier alpha value is -2.69. The summed E-state index contributed by atoms with van der Waals surface area (Å²) in [6.07, 6.45) is 1.59. The molecule has 114 valence electrons. The van der Waals surface area contributed by atoms with E-state index in [1.807, 2.05) is 25.1 Å². The highest BCUT2D eigenvalue weighted by Gasteiger charge is 2.12. The highest BCUT2D eigenvalue weighted by atomic mass is 16.2. The van der Waals surface area contributed by atoms with Gasteiger partial charge < -0.3 is 10.2 Å². The van der Waals surface area contributed by atoms with E-state index in [4.69, 9.17) is 0 Å². The Morgan fingerprint density at radius 1 is 1.09 bits per heavy atom. The van der Waals surface area contributed by atoms with Crippen LogP contribution < -0.4 is 5.32 Å². The number of amides is 2. The molecular formula is C17H19N3O2. The van der Waals surface area contributed by atoms with Crippen LogP contribution in [0.15, 0.2) is 42.6 Å². The minimum atomic E-state index is -0.123. The topological polar surface area (TPSA) is 62.3 Å². The van der Waals surface area contributed by atoms with E-state index in [1.165, 1.54) is 0 Å². The van der Waals surface area contributed by atoms with E-state index in [0.29, 0.717) is 17.7 Å².